The Balaban J connectivity index is 1.95. The number of benzene rings is 1. The second-order valence-electron chi connectivity index (χ2n) is 5.40. The first-order chi connectivity index (χ1) is 11.6. The molecule has 0 aliphatic carbocycles. The van der Waals surface area contributed by atoms with Crippen LogP contribution in [0.5, 0.6) is 0 Å². The van der Waals surface area contributed by atoms with Crippen LogP contribution in [-0.2, 0) is 4.74 Å². The van der Waals surface area contributed by atoms with Crippen molar-refractivity contribution in [2.45, 2.75) is 19.9 Å². The van der Waals surface area contributed by atoms with Gasteiger partial charge in [-0.05, 0) is 31.5 Å². The van der Waals surface area contributed by atoms with Gasteiger partial charge in [-0.15, -0.1) is 15.3 Å². The molecular weight excluding hydrogens is 306 g/mol. The molecular formula is C17H19N5O2. The van der Waals surface area contributed by atoms with E-state index < -0.39 is 5.97 Å². The third kappa shape index (κ3) is 2.92. The van der Waals surface area contributed by atoms with Crippen LogP contribution in [0.3, 0.4) is 0 Å². The Morgan fingerprint density at radius 2 is 1.96 bits per heavy atom. The molecule has 0 bridgehead atoms. The van der Waals surface area contributed by atoms with E-state index in [4.69, 9.17) is 4.74 Å². The van der Waals surface area contributed by atoms with E-state index in [9.17, 15) is 4.79 Å². The Morgan fingerprint density at radius 1 is 1.21 bits per heavy atom. The number of carbonyl (C=O) groups excluding carboxylic acids is 1. The third-order valence-electron chi connectivity index (χ3n) is 3.93. The summed E-state index contributed by atoms with van der Waals surface area (Å²) in [7, 11) is 1.96. The monoisotopic (exact) mass is 325 g/mol. The number of nitrogens with zero attached hydrogens (tertiary/aromatic N) is 5. The number of anilines is 1. The fourth-order valence-corrected chi connectivity index (χ4v) is 2.44. The fourth-order valence-electron chi connectivity index (χ4n) is 2.44. The van der Waals surface area contributed by atoms with Gasteiger partial charge in [0.2, 0.25) is 0 Å². The highest BCUT2D eigenvalue weighted by Gasteiger charge is 2.19. The normalized spacial score (nSPS) is 12.1. The summed E-state index contributed by atoms with van der Waals surface area (Å²) in [4.78, 5) is 14.0. The quantitative estimate of drug-likeness (QED) is 0.671. The molecule has 1 unspecified atom stereocenters. The van der Waals surface area contributed by atoms with E-state index >= 15 is 0 Å². The topological polar surface area (TPSA) is 72.6 Å². The first-order valence-electron chi connectivity index (χ1n) is 7.79. The first-order valence-corrected chi connectivity index (χ1v) is 7.79. The average molecular weight is 325 g/mol. The number of fused-ring (bicyclic) bond motifs is 1. The number of esters is 1. The molecule has 1 atom stereocenters. The second kappa shape index (κ2) is 6.66. The molecule has 0 aliphatic heterocycles. The van der Waals surface area contributed by atoms with Gasteiger partial charge in [0.15, 0.2) is 5.65 Å². The smallest absolute Gasteiger partial charge is 0.378 e. The van der Waals surface area contributed by atoms with Gasteiger partial charge in [0, 0.05) is 7.05 Å². The Kier molecular flexibility index (Phi) is 4.41. The summed E-state index contributed by atoms with van der Waals surface area (Å²) in [5.74, 6) is 0.257. The van der Waals surface area contributed by atoms with Crippen molar-refractivity contribution in [2.24, 2.45) is 0 Å². The number of hydrogen-bond donors (Lipinski definition) is 0. The Hall–Kier alpha value is -2.96. The molecule has 24 heavy (non-hydrogen) atoms. The Labute approximate surface area is 139 Å². The minimum absolute atomic E-state index is 0.0782. The lowest BCUT2D eigenvalue weighted by molar-refractivity contribution is 0.0509. The highest BCUT2D eigenvalue weighted by atomic mass is 16.5. The predicted octanol–water partition coefficient (Wildman–Crippen LogP) is 2.50. The van der Waals surface area contributed by atoms with Gasteiger partial charge in [-0.25, -0.2) is 4.79 Å². The van der Waals surface area contributed by atoms with Crippen LogP contribution in [0.15, 0.2) is 42.5 Å². The summed E-state index contributed by atoms with van der Waals surface area (Å²) in [6.45, 7) is 4.12. The minimum Gasteiger partial charge on any atom is -0.460 e. The maximum absolute atomic E-state index is 12.0. The SMILES string of the molecule is CCOC(=O)c1nnc2ccc(N(C)C(C)c3ccccc3)nn12. The third-order valence-corrected chi connectivity index (χ3v) is 3.93. The van der Waals surface area contributed by atoms with Gasteiger partial charge in [-0.2, -0.15) is 4.52 Å². The van der Waals surface area contributed by atoms with Crippen molar-refractivity contribution < 1.29 is 9.53 Å². The zero-order chi connectivity index (χ0) is 17.1. The van der Waals surface area contributed by atoms with Crippen LogP contribution >= 0.6 is 0 Å². The van der Waals surface area contributed by atoms with Crippen LogP contribution < -0.4 is 4.90 Å². The molecule has 0 amide bonds. The molecule has 0 fully saturated rings. The molecule has 2 heterocycles. The van der Waals surface area contributed by atoms with Crippen LogP contribution in [-0.4, -0.2) is 39.4 Å². The van der Waals surface area contributed by atoms with Crippen LogP contribution in [0.25, 0.3) is 5.65 Å². The van der Waals surface area contributed by atoms with Crippen LogP contribution in [0, 0.1) is 0 Å². The Bertz CT molecular complexity index is 847. The van der Waals surface area contributed by atoms with Crippen molar-refractivity contribution in [1.29, 1.82) is 0 Å². The summed E-state index contributed by atoms with van der Waals surface area (Å²) in [6, 6.07) is 13.9. The highest BCUT2D eigenvalue weighted by molar-refractivity contribution is 5.86. The van der Waals surface area contributed by atoms with E-state index in [1.165, 1.54) is 10.1 Å². The molecule has 7 nitrogen and oxygen atoms in total. The summed E-state index contributed by atoms with van der Waals surface area (Å²) in [6.07, 6.45) is 0. The van der Waals surface area contributed by atoms with Gasteiger partial charge >= 0.3 is 5.97 Å². The lowest BCUT2D eigenvalue weighted by Crippen LogP contribution is -2.23. The molecule has 0 N–H and O–H groups in total. The number of hydrogen-bond acceptors (Lipinski definition) is 6. The lowest BCUT2D eigenvalue weighted by atomic mass is 10.1. The maximum atomic E-state index is 12.0. The zero-order valence-electron chi connectivity index (χ0n) is 13.9. The van der Waals surface area contributed by atoms with Gasteiger partial charge in [-0.3, -0.25) is 0 Å². The van der Waals surface area contributed by atoms with Crippen molar-refractivity contribution in [2.75, 3.05) is 18.6 Å². The van der Waals surface area contributed by atoms with Crippen LogP contribution in [0.1, 0.15) is 36.1 Å². The lowest BCUT2D eigenvalue weighted by Gasteiger charge is -2.26. The second-order valence-corrected chi connectivity index (χ2v) is 5.40. The van der Waals surface area contributed by atoms with Crippen LogP contribution in [0.4, 0.5) is 5.82 Å². The average Bonchev–Trinajstić information content (AvgIpc) is 3.04. The summed E-state index contributed by atoms with van der Waals surface area (Å²) < 4.78 is 6.41. The molecule has 0 saturated heterocycles. The van der Waals surface area contributed by atoms with E-state index in [0.717, 1.165) is 0 Å². The predicted molar refractivity (Wildman–Crippen MR) is 90.0 cm³/mol. The van der Waals surface area contributed by atoms with Gasteiger partial charge in [0.1, 0.15) is 5.82 Å². The van der Waals surface area contributed by atoms with E-state index in [1.807, 2.05) is 36.2 Å². The molecule has 2 aromatic heterocycles. The van der Waals surface area contributed by atoms with Crippen molar-refractivity contribution in [3.8, 4) is 0 Å². The highest BCUT2D eigenvalue weighted by Crippen LogP contribution is 2.23. The number of carbonyl (C=O) groups is 1. The van der Waals surface area contributed by atoms with Crippen LogP contribution in [0.2, 0.25) is 0 Å². The molecule has 0 radical (unpaired) electrons. The molecule has 3 aromatic rings. The minimum atomic E-state index is -0.534. The summed E-state index contributed by atoms with van der Waals surface area (Å²) in [5, 5.41) is 12.3. The number of rotatable bonds is 5. The summed E-state index contributed by atoms with van der Waals surface area (Å²) in [5.41, 5.74) is 1.68. The van der Waals surface area contributed by atoms with E-state index in [2.05, 4.69) is 34.4 Å². The van der Waals surface area contributed by atoms with Gasteiger partial charge in [-0.1, -0.05) is 30.3 Å². The Morgan fingerprint density at radius 3 is 2.67 bits per heavy atom. The standard InChI is InChI=1S/C17H19N5O2/c1-4-24-17(23)16-19-18-14-10-11-15(20-22(14)16)21(3)12(2)13-8-6-5-7-9-13/h5-12H,4H2,1-3H3. The van der Waals surface area contributed by atoms with Crippen molar-refractivity contribution in [1.82, 2.24) is 19.8 Å². The van der Waals surface area contributed by atoms with E-state index in [1.54, 1.807) is 13.0 Å². The zero-order valence-corrected chi connectivity index (χ0v) is 13.9. The molecule has 0 spiro atoms. The molecule has 0 saturated carbocycles. The van der Waals surface area contributed by atoms with Gasteiger partial charge in [0.05, 0.1) is 12.6 Å². The molecule has 7 heteroatoms. The number of aromatic nitrogens is 4. The fraction of sp³-hybridized carbons (Fsp3) is 0.294. The van der Waals surface area contributed by atoms with E-state index in [0.29, 0.717) is 11.5 Å². The van der Waals surface area contributed by atoms with Crippen molar-refractivity contribution in [3.63, 3.8) is 0 Å². The van der Waals surface area contributed by atoms with Gasteiger partial charge in [0.25, 0.3) is 5.82 Å². The van der Waals surface area contributed by atoms with Crippen molar-refractivity contribution >= 4 is 17.4 Å². The molecule has 124 valence electrons. The molecule has 3 rings (SSSR count). The summed E-state index contributed by atoms with van der Waals surface area (Å²) >= 11 is 0. The molecule has 0 aliphatic rings. The first kappa shape index (κ1) is 15.9. The van der Waals surface area contributed by atoms with Crippen molar-refractivity contribution in [3.05, 3.63) is 53.9 Å². The van der Waals surface area contributed by atoms with Gasteiger partial charge < -0.3 is 9.64 Å². The molecule has 1 aromatic carbocycles. The largest absolute Gasteiger partial charge is 0.460 e. The van der Waals surface area contributed by atoms with E-state index in [-0.39, 0.29) is 18.5 Å². The maximum Gasteiger partial charge on any atom is 0.378 e. The number of ether oxygens (including phenoxy) is 1.